The molecule has 1 aromatic rings. The van der Waals surface area contributed by atoms with Gasteiger partial charge in [0.25, 0.3) is 0 Å². The number of rotatable bonds is 4. The number of aromatic nitrogens is 1. The van der Waals surface area contributed by atoms with Crippen LogP contribution in [0.5, 0.6) is 0 Å². The minimum absolute atomic E-state index is 0.0655. The Morgan fingerprint density at radius 3 is 2.95 bits per heavy atom. The fourth-order valence-electron chi connectivity index (χ4n) is 2.65. The Hall–Kier alpha value is -0.940. The highest BCUT2D eigenvalue weighted by atomic mass is 32.1. The molecule has 0 spiro atoms. The molecule has 0 bridgehead atoms. The summed E-state index contributed by atoms with van der Waals surface area (Å²) >= 11 is 1.61. The monoisotopic (exact) mass is 282 g/mol. The van der Waals surface area contributed by atoms with Gasteiger partial charge in [-0.15, -0.1) is 11.3 Å². The third-order valence-electron chi connectivity index (χ3n) is 3.62. The lowest BCUT2D eigenvalue weighted by Gasteiger charge is -2.33. The molecule has 1 unspecified atom stereocenters. The maximum atomic E-state index is 12.3. The van der Waals surface area contributed by atoms with Crippen molar-refractivity contribution in [2.24, 2.45) is 0 Å². The second-order valence-corrected chi connectivity index (χ2v) is 6.60. The first-order chi connectivity index (χ1) is 8.91. The molecule has 1 fully saturated rings. The molecule has 2 rings (SSSR count). The minimum Gasteiger partial charge on any atom is -0.388 e. The summed E-state index contributed by atoms with van der Waals surface area (Å²) < 4.78 is 0. The van der Waals surface area contributed by atoms with Crippen LogP contribution < -0.4 is 0 Å². The predicted molar refractivity (Wildman–Crippen MR) is 76.2 cm³/mol. The largest absolute Gasteiger partial charge is 0.388 e. The Balaban J connectivity index is 2.03. The number of aryl methyl sites for hydroxylation is 1. The number of likely N-dealkylation sites (tertiary alicyclic amines) is 1. The van der Waals surface area contributed by atoms with Crippen LogP contribution in [-0.4, -0.2) is 39.1 Å². The van der Waals surface area contributed by atoms with Gasteiger partial charge >= 0.3 is 0 Å². The molecule has 106 valence electrons. The zero-order chi connectivity index (χ0) is 14.0. The van der Waals surface area contributed by atoms with Crippen molar-refractivity contribution >= 4 is 17.2 Å². The van der Waals surface area contributed by atoms with Gasteiger partial charge in [-0.3, -0.25) is 4.79 Å². The van der Waals surface area contributed by atoms with Gasteiger partial charge in [-0.25, -0.2) is 4.98 Å². The Morgan fingerprint density at radius 1 is 1.63 bits per heavy atom. The molecular weight excluding hydrogens is 260 g/mol. The lowest BCUT2D eigenvalue weighted by atomic mass is 9.96. The summed E-state index contributed by atoms with van der Waals surface area (Å²) in [5.41, 5.74) is 0.0243. The van der Waals surface area contributed by atoms with E-state index in [4.69, 9.17) is 0 Å². The smallest absolute Gasteiger partial charge is 0.228 e. The van der Waals surface area contributed by atoms with E-state index in [2.05, 4.69) is 11.9 Å². The van der Waals surface area contributed by atoms with E-state index in [1.807, 2.05) is 10.3 Å². The maximum Gasteiger partial charge on any atom is 0.228 e. The Kier molecular flexibility index (Phi) is 4.26. The predicted octanol–water partition coefficient (Wildman–Crippen LogP) is 2.01. The second kappa shape index (κ2) is 5.59. The second-order valence-electron chi connectivity index (χ2n) is 5.66. The number of amides is 1. The zero-order valence-electron chi connectivity index (χ0n) is 11.8. The molecule has 1 aliphatic rings. The first-order valence-corrected chi connectivity index (χ1v) is 7.75. The van der Waals surface area contributed by atoms with Crippen LogP contribution in [0.15, 0.2) is 5.38 Å². The Bertz CT molecular complexity index is 451. The average molecular weight is 282 g/mol. The molecule has 0 saturated carbocycles. The standard InChI is InChI=1S/C14H22N2O2S/c1-4-12-15-10(9-19-12)8-13(17)16-7-5-6-11(16)14(2,3)18/h9,11,18H,4-8H2,1-3H3. The Labute approximate surface area is 118 Å². The summed E-state index contributed by atoms with van der Waals surface area (Å²) in [5.74, 6) is 0.0811. The summed E-state index contributed by atoms with van der Waals surface area (Å²) in [4.78, 5) is 18.6. The molecule has 1 amide bonds. The lowest BCUT2D eigenvalue weighted by molar-refractivity contribution is -0.135. The van der Waals surface area contributed by atoms with Crippen molar-refractivity contribution in [3.8, 4) is 0 Å². The van der Waals surface area contributed by atoms with E-state index in [0.717, 1.165) is 36.5 Å². The summed E-state index contributed by atoms with van der Waals surface area (Å²) in [7, 11) is 0. The highest BCUT2D eigenvalue weighted by Gasteiger charge is 2.38. The fourth-order valence-corrected chi connectivity index (χ4v) is 3.39. The van der Waals surface area contributed by atoms with Crippen LogP contribution >= 0.6 is 11.3 Å². The van der Waals surface area contributed by atoms with E-state index < -0.39 is 5.60 Å². The van der Waals surface area contributed by atoms with E-state index in [0.29, 0.717) is 6.42 Å². The topological polar surface area (TPSA) is 53.4 Å². The molecule has 0 aliphatic carbocycles. The maximum absolute atomic E-state index is 12.3. The summed E-state index contributed by atoms with van der Waals surface area (Å²) in [6.45, 7) is 6.37. The first-order valence-electron chi connectivity index (χ1n) is 6.87. The number of carbonyl (C=O) groups is 1. The van der Waals surface area contributed by atoms with Crippen molar-refractivity contribution in [3.63, 3.8) is 0 Å². The van der Waals surface area contributed by atoms with E-state index in [9.17, 15) is 9.90 Å². The average Bonchev–Trinajstić information content (AvgIpc) is 2.95. The van der Waals surface area contributed by atoms with Gasteiger partial charge in [0.2, 0.25) is 5.91 Å². The van der Waals surface area contributed by atoms with Crippen molar-refractivity contribution in [3.05, 3.63) is 16.1 Å². The van der Waals surface area contributed by atoms with Gasteiger partial charge in [-0.2, -0.15) is 0 Å². The van der Waals surface area contributed by atoms with Crippen LogP contribution in [0.2, 0.25) is 0 Å². The molecule has 2 heterocycles. The molecule has 1 aliphatic heterocycles. The van der Waals surface area contributed by atoms with Crippen molar-refractivity contribution < 1.29 is 9.90 Å². The third kappa shape index (κ3) is 3.34. The summed E-state index contributed by atoms with van der Waals surface area (Å²) in [6, 6.07) is -0.0655. The molecular formula is C14H22N2O2S. The highest BCUT2D eigenvalue weighted by molar-refractivity contribution is 7.09. The van der Waals surface area contributed by atoms with E-state index in [1.54, 1.807) is 25.2 Å². The molecule has 5 heteroatoms. The highest BCUT2D eigenvalue weighted by Crippen LogP contribution is 2.27. The number of aliphatic hydroxyl groups is 1. The van der Waals surface area contributed by atoms with Gasteiger partial charge in [-0.05, 0) is 33.1 Å². The number of carbonyl (C=O) groups excluding carboxylic acids is 1. The molecule has 19 heavy (non-hydrogen) atoms. The molecule has 0 aromatic carbocycles. The number of hydrogen-bond donors (Lipinski definition) is 1. The van der Waals surface area contributed by atoms with Gasteiger partial charge < -0.3 is 10.0 Å². The molecule has 4 nitrogen and oxygen atoms in total. The van der Waals surface area contributed by atoms with Crippen LogP contribution in [-0.2, 0) is 17.6 Å². The molecule has 1 N–H and O–H groups in total. The van der Waals surface area contributed by atoms with E-state index in [-0.39, 0.29) is 11.9 Å². The van der Waals surface area contributed by atoms with Crippen molar-refractivity contribution in [1.82, 2.24) is 9.88 Å². The van der Waals surface area contributed by atoms with Gasteiger partial charge in [0.05, 0.1) is 28.8 Å². The first kappa shape index (κ1) is 14.5. The van der Waals surface area contributed by atoms with Crippen molar-refractivity contribution in [2.75, 3.05) is 6.54 Å². The minimum atomic E-state index is -0.831. The Morgan fingerprint density at radius 2 is 2.37 bits per heavy atom. The van der Waals surface area contributed by atoms with E-state index in [1.165, 1.54) is 0 Å². The molecule has 1 aromatic heterocycles. The third-order valence-corrected chi connectivity index (χ3v) is 4.66. The van der Waals surface area contributed by atoms with E-state index >= 15 is 0 Å². The van der Waals surface area contributed by atoms with Gasteiger partial charge in [0, 0.05) is 11.9 Å². The number of thiazole rings is 1. The van der Waals surface area contributed by atoms with Crippen LogP contribution in [0.1, 0.15) is 44.3 Å². The van der Waals surface area contributed by atoms with Crippen molar-refractivity contribution in [2.45, 2.75) is 58.1 Å². The number of nitrogens with zero attached hydrogens (tertiary/aromatic N) is 2. The fraction of sp³-hybridized carbons (Fsp3) is 0.714. The van der Waals surface area contributed by atoms with Crippen LogP contribution in [0, 0.1) is 0 Å². The van der Waals surface area contributed by atoms with Crippen LogP contribution in [0.4, 0.5) is 0 Å². The molecule has 1 atom stereocenters. The molecule has 0 radical (unpaired) electrons. The summed E-state index contributed by atoms with van der Waals surface area (Å²) in [6.07, 6.45) is 3.11. The molecule has 1 saturated heterocycles. The quantitative estimate of drug-likeness (QED) is 0.919. The SMILES string of the molecule is CCc1nc(CC(=O)N2CCCC2C(C)(C)O)cs1. The van der Waals surface area contributed by atoms with Gasteiger partial charge in [0.15, 0.2) is 0 Å². The van der Waals surface area contributed by atoms with Crippen LogP contribution in [0.3, 0.4) is 0 Å². The number of hydrogen-bond acceptors (Lipinski definition) is 4. The van der Waals surface area contributed by atoms with Gasteiger partial charge in [-0.1, -0.05) is 6.92 Å². The van der Waals surface area contributed by atoms with Gasteiger partial charge in [0.1, 0.15) is 0 Å². The normalized spacial score (nSPS) is 20.0. The summed E-state index contributed by atoms with van der Waals surface area (Å²) in [5, 5.41) is 13.2. The lowest BCUT2D eigenvalue weighted by Crippen LogP contribution is -2.48. The van der Waals surface area contributed by atoms with Crippen molar-refractivity contribution in [1.29, 1.82) is 0 Å². The zero-order valence-corrected chi connectivity index (χ0v) is 12.7. The van der Waals surface area contributed by atoms with Crippen LogP contribution in [0.25, 0.3) is 0 Å².